The van der Waals surface area contributed by atoms with Gasteiger partial charge in [0.25, 0.3) is 5.91 Å². The topological polar surface area (TPSA) is 68.0 Å². The number of rotatable bonds is 5. The van der Waals surface area contributed by atoms with E-state index in [1.165, 1.54) is 19.3 Å². The molecule has 7 heteroatoms. The van der Waals surface area contributed by atoms with Crippen LogP contribution in [0.3, 0.4) is 0 Å². The molecule has 0 saturated carbocycles. The SMILES string of the molecule is COc1cccc(OCc2cc(C(=O)N3CCN4CCCCC4C3)no2)c1. The van der Waals surface area contributed by atoms with Crippen molar-refractivity contribution in [2.75, 3.05) is 33.3 Å². The maximum atomic E-state index is 12.8. The van der Waals surface area contributed by atoms with E-state index in [4.69, 9.17) is 14.0 Å². The summed E-state index contributed by atoms with van der Waals surface area (Å²) in [5.41, 5.74) is 0.350. The van der Waals surface area contributed by atoms with Gasteiger partial charge in [0.1, 0.15) is 18.1 Å². The van der Waals surface area contributed by atoms with Crippen LogP contribution in [0.2, 0.25) is 0 Å². The zero-order chi connectivity index (χ0) is 18.6. The number of fused-ring (bicyclic) bond motifs is 1. The van der Waals surface area contributed by atoms with Gasteiger partial charge in [-0.25, -0.2) is 0 Å². The highest BCUT2D eigenvalue weighted by atomic mass is 16.5. The van der Waals surface area contributed by atoms with E-state index in [2.05, 4.69) is 10.1 Å². The maximum Gasteiger partial charge on any atom is 0.276 e. The van der Waals surface area contributed by atoms with E-state index in [1.807, 2.05) is 23.1 Å². The molecule has 0 N–H and O–H groups in total. The monoisotopic (exact) mass is 371 g/mol. The van der Waals surface area contributed by atoms with E-state index in [9.17, 15) is 4.79 Å². The van der Waals surface area contributed by atoms with E-state index < -0.39 is 0 Å². The number of ether oxygens (including phenoxy) is 2. The van der Waals surface area contributed by atoms with Gasteiger partial charge in [-0.15, -0.1) is 0 Å². The van der Waals surface area contributed by atoms with E-state index in [0.29, 0.717) is 23.2 Å². The zero-order valence-corrected chi connectivity index (χ0v) is 15.6. The molecule has 0 aliphatic carbocycles. The molecule has 3 heterocycles. The van der Waals surface area contributed by atoms with Crippen LogP contribution >= 0.6 is 0 Å². The lowest BCUT2D eigenvalue weighted by molar-refractivity contribution is 0.0365. The van der Waals surface area contributed by atoms with Crippen molar-refractivity contribution in [2.45, 2.75) is 31.9 Å². The third-order valence-corrected chi connectivity index (χ3v) is 5.32. The molecule has 2 aromatic rings. The lowest BCUT2D eigenvalue weighted by Crippen LogP contribution is -2.56. The summed E-state index contributed by atoms with van der Waals surface area (Å²) in [5, 5.41) is 3.96. The molecule has 2 aliphatic rings. The second-order valence-corrected chi connectivity index (χ2v) is 7.08. The Labute approximate surface area is 158 Å². The third-order valence-electron chi connectivity index (χ3n) is 5.32. The normalized spacial score (nSPS) is 20.2. The molecule has 27 heavy (non-hydrogen) atoms. The molecule has 1 unspecified atom stereocenters. The lowest BCUT2D eigenvalue weighted by Gasteiger charge is -2.43. The second-order valence-electron chi connectivity index (χ2n) is 7.08. The zero-order valence-electron chi connectivity index (χ0n) is 15.6. The van der Waals surface area contributed by atoms with Gasteiger partial charge in [-0.05, 0) is 31.5 Å². The molecule has 2 aliphatic heterocycles. The van der Waals surface area contributed by atoms with Gasteiger partial charge in [-0.2, -0.15) is 0 Å². The molecule has 0 bridgehead atoms. The number of carbonyl (C=O) groups excluding carboxylic acids is 1. The van der Waals surface area contributed by atoms with Gasteiger partial charge in [-0.3, -0.25) is 9.69 Å². The fourth-order valence-electron chi connectivity index (χ4n) is 3.83. The Balaban J connectivity index is 1.35. The minimum absolute atomic E-state index is 0.0587. The Morgan fingerprint density at radius 3 is 3.00 bits per heavy atom. The quantitative estimate of drug-likeness (QED) is 0.805. The van der Waals surface area contributed by atoms with Crippen LogP contribution in [-0.2, 0) is 6.61 Å². The van der Waals surface area contributed by atoms with Crippen LogP contribution in [0.5, 0.6) is 11.5 Å². The number of hydrogen-bond acceptors (Lipinski definition) is 6. The minimum Gasteiger partial charge on any atom is -0.497 e. The Hall–Kier alpha value is -2.54. The first-order valence-corrected chi connectivity index (χ1v) is 9.49. The fraction of sp³-hybridized carbons (Fsp3) is 0.500. The average molecular weight is 371 g/mol. The van der Waals surface area contributed by atoms with Crippen LogP contribution in [-0.4, -0.2) is 60.2 Å². The number of piperidine rings is 1. The Kier molecular flexibility index (Phi) is 5.29. The molecular formula is C20H25N3O4. The van der Waals surface area contributed by atoms with Crippen LogP contribution < -0.4 is 9.47 Å². The number of hydrogen-bond donors (Lipinski definition) is 0. The van der Waals surface area contributed by atoms with E-state index >= 15 is 0 Å². The number of methoxy groups -OCH3 is 1. The Morgan fingerprint density at radius 1 is 1.22 bits per heavy atom. The molecule has 2 fully saturated rings. The summed E-state index contributed by atoms with van der Waals surface area (Å²) >= 11 is 0. The van der Waals surface area contributed by atoms with Gasteiger partial charge >= 0.3 is 0 Å². The van der Waals surface area contributed by atoms with Gasteiger partial charge in [-0.1, -0.05) is 17.6 Å². The van der Waals surface area contributed by atoms with E-state index in [1.54, 1.807) is 19.2 Å². The van der Waals surface area contributed by atoms with Crippen LogP contribution in [0, 0.1) is 0 Å². The third kappa shape index (κ3) is 4.08. The van der Waals surface area contributed by atoms with Gasteiger partial charge in [0, 0.05) is 37.8 Å². The Bertz CT molecular complexity index is 791. The molecule has 0 radical (unpaired) electrons. The minimum atomic E-state index is -0.0587. The predicted molar refractivity (Wildman–Crippen MR) is 98.9 cm³/mol. The molecule has 4 rings (SSSR count). The number of amides is 1. The van der Waals surface area contributed by atoms with E-state index in [-0.39, 0.29) is 12.5 Å². The van der Waals surface area contributed by atoms with Crippen molar-refractivity contribution in [3.05, 3.63) is 41.8 Å². The van der Waals surface area contributed by atoms with Gasteiger partial charge < -0.3 is 18.9 Å². The number of nitrogens with zero attached hydrogens (tertiary/aromatic N) is 3. The van der Waals surface area contributed by atoms with E-state index in [0.717, 1.165) is 31.9 Å². The summed E-state index contributed by atoms with van der Waals surface area (Å²) in [5.74, 6) is 1.86. The van der Waals surface area contributed by atoms with Crippen molar-refractivity contribution in [3.63, 3.8) is 0 Å². The number of piperazine rings is 1. The first-order valence-electron chi connectivity index (χ1n) is 9.49. The van der Waals surface area contributed by atoms with Crippen molar-refractivity contribution in [1.82, 2.24) is 15.0 Å². The van der Waals surface area contributed by atoms with Crippen molar-refractivity contribution in [1.29, 1.82) is 0 Å². The summed E-state index contributed by atoms with van der Waals surface area (Å²) in [4.78, 5) is 17.2. The van der Waals surface area contributed by atoms with Crippen molar-refractivity contribution >= 4 is 5.91 Å². The van der Waals surface area contributed by atoms with Crippen molar-refractivity contribution in [2.24, 2.45) is 0 Å². The van der Waals surface area contributed by atoms with Gasteiger partial charge in [0.2, 0.25) is 0 Å². The van der Waals surface area contributed by atoms with Crippen LogP contribution in [0.4, 0.5) is 0 Å². The number of aromatic nitrogens is 1. The summed E-state index contributed by atoms with van der Waals surface area (Å²) < 4.78 is 16.2. The standard InChI is InChI=1S/C20H25N3O4/c1-25-16-6-4-7-17(11-16)26-14-18-12-19(21-27-18)20(24)23-10-9-22-8-3-2-5-15(22)13-23/h4,6-7,11-12,15H,2-3,5,8-10,13-14H2,1H3. The summed E-state index contributed by atoms with van der Waals surface area (Å²) in [7, 11) is 1.61. The number of benzene rings is 1. The van der Waals surface area contributed by atoms with Crippen LogP contribution in [0.1, 0.15) is 35.5 Å². The molecule has 1 atom stereocenters. The maximum absolute atomic E-state index is 12.8. The molecular weight excluding hydrogens is 346 g/mol. The molecule has 2 saturated heterocycles. The highest BCUT2D eigenvalue weighted by Gasteiger charge is 2.32. The highest BCUT2D eigenvalue weighted by molar-refractivity contribution is 5.92. The smallest absolute Gasteiger partial charge is 0.276 e. The van der Waals surface area contributed by atoms with Crippen molar-refractivity contribution in [3.8, 4) is 11.5 Å². The molecule has 1 aromatic heterocycles. The van der Waals surface area contributed by atoms with Crippen LogP contribution in [0.25, 0.3) is 0 Å². The molecule has 144 valence electrons. The number of carbonyl (C=O) groups is 1. The highest BCUT2D eigenvalue weighted by Crippen LogP contribution is 2.23. The molecule has 7 nitrogen and oxygen atoms in total. The summed E-state index contributed by atoms with van der Waals surface area (Å²) in [6, 6.07) is 9.51. The summed E-state index contributed by atoms with van der Waals surface area (Å²) in [6.07, 6.45) is 3.69. The lowest BCUT2D eigenvalue weighted by atomic mass is 9.99. The van der Waals surface area contributed by atoms with Gasteiger partial charge in [0.05, 0.1) is 7.11 Å². The van der Waals surface area contributed by atoms with Gasteiger partial charge in [0.15, 0.2) is 11.5 Å². The largest absolute Gasteiger partial charge is 0.497 e. The Morgan fingerprint density at radius 2 is 2.11 bits per heavy atom. The molecule has 1 aromatic carbocycles. The first kappa shape index (κ1) is 17.9. The fourth-order valence-corrected chi connectivity index (χ4v) is 3.83. The van der Waals surface area contributed by atoms with Crippen LogP contribution in [0.15, 0.2) is 34.9 Å². The summed E-state index contributed by atoms with van der Waals surface area (Å²) in [6.45, 7) is 3.84. The molecule has 0 spiro atoms. The van der Waals surface area contributed by atoms with Crippen molar-refractivity contribution < 1.29 is 18.8 Å². The predicted octanol–water partition coefficient (Wildman–Crippen LogP) is 2.57. The molecule has 1 amide bonds. The second kappa shape index (κ2) is 8.00. The first-order chi connectivity index (χ1) is 13.2. The average Bonchev–Trinajstić information content (AvgIpc) is 3.20.